The molecule has 2 fully saturated rings. The molecule has 112 valence electrons. The van der Waals surface area contributed by atoms with Gasteiger partial charge in [-0.05, 0) is 70.9 Å². The van der Waals surface area contributed by atoms with E-state index >= 15 is 0 Å². The number of piperidine rings is 1. The maximum Gasteiger partial charge on any atom is 0.00818 e. The van der Waals surface area contributed by atoms with Crippen molar-refractivity contribution in [2.45, 2.75) is 77.8 Å². The van der Waals surface area contributed by atoms with Crippen molar-refractivity contribution in [3.05, 3.63) is 0 Å². The lowest BCUT2D eigenvalue weighted by Gasteiger charge is -2.37. The molecule has 1 aliphatic heterocycles. The number of nitrogens with one attached hydrogen (secondary N) is 1. The smallest absolute Gasteiger partial charge is 0.00818 e. The predicted octanol–water partition coefficient (Wildman–Crippen LogP) is 3.67. The Hall–Kier alpha value is -0.0800. The van der Waals surface area contributed by atoms with Crippen LogP contribution >= 0.6 is 0 Å². The maximum atomic E-state index is 3.93. The molecule has 2 heteroatoms. The van der Waals surface area contributed by atoms with E-state index in [1.54, 1.807) is 0 Å². The molecule has 0 aromatic carbocycles. The number of likely N-dealkylation sites (tertiary alicyclic amines) is 1. The van der Waals surface area contributed by atoms with Crippen LogP contribution in [0.3, 0.4) is 0 Å². The zero-order valence-electron chi connectivity index (χ0n) is 13.3. The van der Waals surface area contributed by atoms with E-state index in [2.05, 4.69) is 31.0 Å². The van der Waals surface area contributed by atoms with Gasteiger partial charge in [-0.25, -0.2) is 0 Å². The fourth-order valence-corrected chi connectivity index (χ4v) is 4.16. The average Bonchev–Trinajstić information content (AvgIpc) is 2.93. The van der Waals surface area contributed by atoms with E-state index in [4.69, 9.17) is 0 Å². The Morgan fingerprint density at radius 2 is 1.63 bits per heavy atom. The molecule has 0 amide bonds. The number of hydrogen-bond donors (Lipinski definition) is 1. The molecule has 1 saturated heterocycles. The second-order valence-corrected chi connectivity index (χ2v) is 6.99. The van der Waals surface area contributed by atoms with Crippen LogP contribution < -0.4 is 5.32 Å². The van der Waals surface area contributed by atoms with E-state index < -0.39 is 0 Å². The molecular weight excluding hydrogens is 232 g/mol. The predicted molar refractivity (Wildman–Crippen MR) is 83.5 cm³/mol. The van der Waals surface area contributed by atoms with Gasteiger partial charge in [0.05, 0.1) is 0 Å². The van der Waals surface area contributed by atoms with Crippen molar-refractivity contribution in [1.82, 2.24) is 10.2 Å². The van der Waals surface area contributed by atoms with Crippen LogP contribution in [0.5, 0.6) is 0 Å². The molecule has 1 aliphatic carbocycles. The summed E-state index contributed by atoms with van der Waals surface area (Å²) in [6.45, 7) is 11.1. The highest BCUT2D eigenvalue weighted by atomic mass is 15.1. The van der Waals surface area contributed by atoms with E-state index in [0.717, 1.165) is 17.9 Å². The third-order valence-corrected chi connectivity index (χ3v) is 5.42. The minimum atomic E-state index is 0.690. The van der Waals surface area contributed by atoms with Crippen LogP contribution in [0.1, 0.15) is 65.7 Å². The molecule has 0 bridgehead atoms. The summed E-state index contributed by atoms with van der Waals surface area (Å²) >= 11 is 0. The largest absolute Gasteiger partial charge is 0.311 e. The molecule has 2 aliphatic rings. The molecule has 2 unspecified atom stereocenters. The van der Waals surface area contributed by atoms with Crippen LogP contribution in [0, 0.1) is 11.8 Å². The van der Waals surface area contributed by atoms with Gasteiger partial charge in [-0.1, -0.05) is 19.8 Å². The first-order valence-electron chi connectivity index (χ1n) is 8.69. The molecule has 3 atom stereocenters. The standard InChI is InChI=1S/C17H34N2/c1-4-11-19-12-7-10-17(13-19)15(3)18-14(2)16-8-5-6-9-16/h14-18H,4-13H2,1-3H3/t14-,15?,17?/m0/s1. The lowest BCUT2D eigenvalue weighted by Crippen LogP contribution is -2.48. The van der Waals surface area contributed by atoms with E-state index in [9.17, 15) is 0 Å². The Morgan fingerprint density at radius 3 is 2.32 bits per heavy atom. The van der Waals surface area contributed by atoms with Gasteiger partial charge in [-0.2, -0.15) is 0 Å². The van der Waals surface area contributed by atoms with Crippen LogP contribution in [0.2, 0.25) is 0 Å². The van der Waals surface area contributed by atoms with Crippen LogP contribution in [0.15, 0.2) is 0 Å². The summed E-state index contributed by atoms with van der Waals surface area (Å²) in [5.74, 6) is 1.81. The number of rotatable bonds is 6. The average molecular weight is 266 g/mol. The fraction of sp³-hybridized carbons (Fsp3) is 1.00. The van der Waals surface area contributed by atoms with E-state index in [-0.39, 0.29) is 0 Å². The molecule has 1 heterocycles. The Labute approximate surface area is 120 Å². The van der Waals surface area contributed by atoms with Crippen molar-refractivity contribution in [1.29, 1.82) is 0 Å². The first kappa shape index (κ1) is 15.3. The minimum absolute atomic E-state index is 0.690. The van der Waals surface area contributed by atoms with Crippen molar-refractivity contribution in [3.63, 3.8) is 0 Å². The van der Waals surface area contributed by atoms with E-state index in [1.165, 1.54) is 64.6 Å². The van der Waals surface area contributed by atoms with Crippen molar-refractivity contribution < 1.29 is 0 Å². The van der Waals surface area contributed by atoms with Crippen molar-refractivity contribution in [2.24, 2.45) is 11.8 Å². The van der Waals surface area contributed by atoms with Gasteiger partial charge >= 0.3 is 0 Å². The summed E-state index contributed by atoms with van der Waals surface area (Å²) in [7, 11) is 0. The molecule has 1 N–H and O–H groups in total. The molecule has 0 aromatic heterocycles. The second-order valence-electron chi connectivity index (χ2n) is 6.99. The third-order valence-electron chi connectivity index (χ3n) is 5.42. The maximum absolute atomic E-state index is 3.93. The first-order chi connectivity index (χ1) is 9.20. The highest BCUT2D eigenvalue weighted by molar-refractivity contribution is 4.85. The molecule has 0 spiro atoms. The van der Waals surface area contributed by atoms with Crippen LogP contribution in [0.25, 0.3) is 0 Å². The lowest BCUT2D eigenvalue weighted by molar-refractivity contribution is 0.143. The normalized spacial score (nSPS) is 29.5. The second kappa shape index (κ2) is 7.64. The van der Waals surface area contributed by atoms with Gasteiger partial charge in [0, 0.05) is 18.6 Å². The van der Waals surface area contributed by atoms with Gasteiger partial charge < -0.3 is 10.2 Å². The van der Waals surface area contributed by atoms with Gasteiger partial charge in [-0.3, -0.25) is 0 Å². The molecular formula is C17H34N2. The van der Waals surface area contributed by atoms with Gasteiger partial charge in [0.15, 0.2) is 0 Å². The van der Waals surface area contributed by atoms with E-state index in [0.29, 0.717) is 6.04 Å². The van der Waals surface area contributed by atoms with Gasteiger partial charge in [0.1, 0.15) is 0 Å². The van der Waals surface area contributed by atoms with Gasteiger partial charge in [0.25, 0.3) is 0 Å². The quantitative estimate of drug-likeness (QED) is 0.789. The summed E-state index contributed by atoms with van der Waals surface area (Å²) in [4.78, 5) is 2.67. The van der Waals surface area contributed by atoms with Crippen molar-refractivity contribution in [3.8, 4) is 0 Å². The molecule has 0 aromatic rings. The molecule has 2 rings (SSSR count). The molecule has 1 saturated carbocycles. The summed E-state index contributed by atoms with van der Waals surface area (Å²) in [5, 5.41) is 3.93. The summed E-state index contributed by atoms with van der Waals surface area (Å²) < 4.78 is 0. The van der Waals surface area contributed by atoms with Gasteiger partial charge in [-0.15, -0.1) is 0 Å². The van der Waals surface area contributed by atoms with E-state index in [1.807, 2.05) is 0 Å². The van der Waals surface area contributed by atoms with Gasteiger partial charge in [0.2, 0.25) is 0 Å². The number of nitrogens with zero attached hydrogens (tertiary/aromatic N) is 1. The lowest BCUT2D eigenvalue weighted by atomic mass is 9.89. The van der Waals surface area contributed by atoms with Crippen molar-refractivity contribution >= 4 is 0 Å². The Morgan fingerprint density at radius 1 is 1.00 bits per heavy atom. The Kier molecular flexibility index (Phi) is 6.15. The molecule has 0 radical (unpaired) electrons. The zero-order valence-corrected chi connectivity index (χ0v) is 13.3. The molecule has 2 nitrogen and oxygen atoms in total. The first-order valence-corrected chi connectivity index (χ1v) is 8.69. The zero-order chi connectivity index (χ0) is 13.7. The minimum Gasteiger partial charge on any atom is -0.311 e. The summed E-state index contributed by atoms with van der Waals surface area (Å²) in [6.07, 6.45) is 9.94. The summed E-state index contributed by atoms with van der Waals surface area (Å²) in [5.41, 5.74) is 0. The monoisotopic (exact) mass is 266 g/mol. The fourth-order valence-electron chi connectivity index (χ4n) is 4.16. The Bertz CT molecular complexity index is 246. The van der Waals surface area contributed by atoms with Crippen LogP contribution in [-0.2, 0) is 0 Å². The van der Waals surface area contributed by atoms with Crippen LogP contribution in [0.4, 0.5) is 0 Å². The number of hydrogen-bond acceptors (Lipinski definition) is 2. The Balaban J connectivity index is 1.76. The SMILES string of the molecule is CCCN1CCCC(C(C)N[C@@H](C)C2CCCC2)C1. The van der Waals surface area contributed by atoms with Crippen molar-refractivity contribution in [2.75, 3.05) is 19.6 Å². The molecule has 19 heavy (non-hydrogen) atoms. The highest BCUT2D eigenvalue weighted by Gasteiger charge is 2.27. The van der Waals surface area contributed by atoms with Crippen LogP contribution in [-0.4, -0.2) is 36.6 Å². The highest BCUT2D eigenvalue weighted by Crippen LogP contribution is 2.28. The third kappa shape index (κ3) is 4.46. The summed E-state index contributed by atoms with van der Waals surface area (Å²) in [6, 6.07) is 1.41. The topological polar surface area (TPSA) is 15.3 Å².